The first-order valence-electron chi connectivity index (χ1n) is 7.65. The summed E-state index contributed by atoms with van der Waals surface area (Å²) in [6, 6.07) is 16.9. The summed E-state index contributed by atoms with van der Waals surface area (Å²) in [5, 5.41) is 0. The van der Waals surface area contributed by atoms with E-state index in [1.807, 2.05) is 61.5 Å². The van der Waals surface area contributed by atoms with Crippen LogP contribution < -0.4 is 14.4 Å². The molecule has 0 N–H and O–H groups in total. The van der Waals surface area contributed by atoms with Crippen molar-refractivity contribution in [2.45, 2.75) is 13.0 Å². The number of hydrogen-bond donors (Lipinski definition) is 0. The molecule has 3 rings (SSSR count). The molecule has 2 aromatic rings. The maximum absolute atomic E-state index is 12.0. The van der Waals surface area contributed by atoms with E-state index >= 15 is 0 Å². The molecule has 2 aromatic carbocycles. The standard InChI is InChI=1S/C18H19NO4/c1-2-21-16-10-8-14(9-11-16)19-12-17(23-18(19)20)13-22-15-6-4-3-5-7-15/h3-11,17H,2,12-13H2,1H3. The van der Waals surface area contributed by atoms with Crippen molar-refractivity contribution >= 4 is 11.8 Å². The molecule has 1 amide bonds. The van der Waals surface area contributed by atoms with Crippen molar-refractivity contribution in [2.75, 3.05) is 24.7 Å². The van der Waals surface area contributed by atoms with Gasteiger partial charge in [0.15, 0.2) is 6.10 Å². The Morgan fingerprint density at radius 2 is 1.74 bits per heavy atom. The van der Waals surface area contributed by atoms with E-state index in [-0.39, 0.29) is 12.2 Å². The zero-order chi connectivity index (χ0) is 16.1. The number of rotatable bonds is 6. The summed E-state index contributed by atoms with van der Waals surface area (Å²) in [4.78, 5) is 13.6. The second kappa shape index (κ2) is 7.05. The van der Waals surface area contributed by atoms with Gasteiger partial charge in [0, 0.05) is 5.69 Å². The van der Waals surface area contributed by atoms with E-state index in [4.69, 9.17) is 14.2 Å². The molecule has 1 unspecified atom stereocenters. The summed E-state index contributed by atoms with van der Waals surface area (Å²) in [5.41, 5.74) is 0.792. The Hall–Kier alpha value is -2.69. The van der Waals surface area contributed by atoms with Crippen LogP contribution in [0.5, 0.6) is 11.5 Å². The topological polar surface area (TPSA) is 48.0 Å². The lowest BCUT2D eigenvalue weighted by Gasteiger charge is -2.14. The Morgan fingerprint density at radius 3 is 2.43 bits per heavy atom. The van der Waals surface area contributed by atoms with Gasteiger partial charge in [0.25, 0.3) is 0 Å². The molecule has 1 aliphatic rings. The Balaban J connectivity index is 1.58. The first kappa shape index (κ1) is 15.2. The van der Waals surface area contributed by atoms with Crippen LogP contribution in [0.1, 0.15) is 6.92 Å². The largest absolute Gasteiger partial charge is 0.494 e. The molecule has 23 heavy (non-hydrogen) atoms. The predicted octanol–water partition coefficient (Wildman–Crippen LogP) is 3.49. The molecule has 0 saturated carbocycles. The van der Waals surface area contributed by atoms with Crippen LogP contribution in [0.4, 0.5) is 10.5 Å². The number of para-hydroxylation sites is 1. The van der Waals surface area contributed by atoms with Gasteiger partial charge in [-0.05, 0) is 43.3 Å². The Kier molecular flexibility index (Phi) is 4.66. The van der Waals surface area contributed by atoms with Crippen LogP contribution in [0.25, 0.3) is 0 Å². The van der Waals surface area contributed by atoms with Gasteiger partial charge in [0.2, 0.25) is 0 Å². The molecule has 1 fully saturated rings. The van der Waals surface area contributed by atoms with Crippen LogP contribution in [-0.2, 0) is 4.74 Å². The molecule has 0 bridgehead atoms. The molecule has 1 saturated heterocycles. The molecule has 0 spiro atoms. The van der Waals surface area contributed by atoms with Gasteiger partial charge in [-0.15, -0.1) is 0 Å². The minimum absolute atomic E-state index is 0.283. The number of anilines is 1. The average Bonchev–Trinajstić information content (AvgIpc) is 2.96. The molecular formula is C18H19NO4. The average molecular weight is 313 g/mol. The van der Waals surface area contributed by atoms with Gasteiger partial charge < -0.3 is 14.2 Å². The second-order valence-electron chi connectivity index (χ2n) is 5.17. The summed E-state index contributed by atoms with van der Waals surface area (Å²) in [5.74, 6) is 1.55. The van der Waals surface area contributed by atoms with Crippen molar-refractivity contribution < 1.29 is 19.0 Å². The third kappa shape index (κ3) is 3.74. The van der Waals surface area contributed by atoms with E-state index in [1.165, 1.54) is 0 Å². The minimum atomic E-state index is -0.351. The number of cyclic esters (lactones) is 1. The zero-order valence-corrected chi connectivity index (χ0v) is 13.0. The predicted molar refractivity (Wildman–Crippen MR) is 87.2 cm³/mol. The Labute approximate surface area is 135 Å². The van der Waals surface area contributed by atoms with Crippen molar-refractivity contribution in [1.29, 1.82) is 0 Å². The van der Waals surface area contributed by atoms with Crippen molar-refractivity contribution in [2.24, 2.45) is 0 Å². The third-order valence-corrected chi connectivity index (χ3v) is 3.51. The van der Waals surface area contributed by atoms with Gasteiger partial charge in [-0.2, -0.15) is 0 Å². The van der Waals surface area contributed by atoms with Gasteiger partial charge in [0.1, 0.15) is 18.1 Å². The minimum Gasteiger partial charge on any atom is -0.494 e. The summed E-state index contributed by atoms with van der Waals surface area (Å²) in [6.45, 7) is 3.36. The smallest absolute Gasteiger partial charge is 0.414 e. The third-order valence-electron chi connectivity index (χ3n) is 3.51. The fourth-order valence-corrected chi connectivity index (χ4v) is 2.41. The first-order chi connectivity index (χ1) is 11.3. The molecule has 5 heteroatoms. The highest BCUT2D eigenvalue weighted by Gasteiger charge is 2.32. The molecule has 1 heterocycles. The number of hydrogen-bond acceptors (Lipinski definition) is 4. The van der Waals surface area contributed by atoms with Crippen LogP contribution in [0.3, 0.4) is 0 Å². The van der Waals surface area contributed by atoms with Crippen molar-refractivity contribution in [1.82, 2.24) is 0 Å². The Morgan fingerprint density at radius 1 is 1.04 bits per heavy atom. The number of carbonyl (C=O) groups excluding carboxylic acids is 1. The second-order valence-corrected chi connectivity index (χ2v) is 5.17. The van der Waals surface area contributed by atoms with Crippen LogP contribution in [0.2, 0.25) is 0 Å². The fourth-order valence-electron chi connectivity index (χ4n) is 2.41. The molecule has 1 aliphatic heterocycles. The van der Waals surface area contributed by atoms with Gasteiger partial charge in [-0.25, -0.2) is 4.79 Å². The lowest BCUT2D eigenvalue weighted by molar-refractivity contribution is 0.105. The van der Waals surface area contributed by atoms with E-state index in [9.17, 15) is 4.79 Å². The van der Waals surface area contributed by atoms with Crippen LogP contribution in [-0.4, -0.2) is 32.0 Å². The summed E-state index contributed by atoms with van der Waals surface area (Å²) in [7, 11) is 0. The van der Waals surface area contributed by atoms with Crippen LogP contribution in [0, 0.1) is 0 Å². The number of ether oxygens (including phenoxy) is 3. The van der Waals surface area contributed by atoms with Gasteiger partial charge in [0.05, 0.1) is 13.2 Å². The number of benzene rings is 2. The SMILES string of the molecule is CCOc1ccc(N2CC(COc3ccccc3)OC2=O)cc1. The number of carbonyl (C=O) groups is 1. The number of nitrogens with zero attached hydrogens (tertiary/aromatic N) is 1. The Bertz CT molecular complexity index is 642. The molecule has 0 aromatic heterocycles. The zero-order valence-electron chi connectivity index (χ0n) is 13.0. The quantitative estimate of drug-likeness (QED) is 0.819. The van der Waals surface area contributed by atoms with Gasteiger partial charge >= 0.3 is 6.09 Å². The van der Waals surface area contributed by atoms with Crippen molar-refractivity contribution in [3.63, 3.8) is 0 Å². The molecule has 1 atom stereocenters. The highest BCUT2D eigenvalue weighted by molar-refractivity contribution is 5.89. The molecule has 120 valence electrons. The monoisotopic (exact) mass is 313 g/mol. The van der Waals surface area contributed by atoms with Crippen LogP contribution >= 0.6 is 0 Å². The van der Waals surface area contributed by atoms with E-state index in [0.717, 1.165) is 17.2 Å². The van der Waals surface area contributed by atoms with Gasteiger partial charge in [-0.1, -0.05) is 18.2 Å². The first-order valence-corrected chi connectivity index (χ1v) is 7.65. The maximum Gasteiger partial charge on any atom is 0.414 e. The highest BCUT2D eigenvalue weighted by Crippen LogP contribution is 2.24. The lowest BCUT2D eigenvalue weighted by Crippen LogP contribution is -2.26. The normalized spacial score (nSPS) is 17.0. The summed E-state index contributed by atoms with van der Waals surface area (Å²) >= 11 is 0. The van der Waals surface area contributed by atoms with Crippen molar-refractivity contribution in [3.8, 4) is 11.5 Å². The van der Waals surface area contributed by atoms with Crippen molar-refractivity contribution in [3.05, 3.63) is 54.6 Å². The molecular weight excluding hydrogens is 294 g/mol. The fraction of sp³-hybridized carbons (Fsp3) is 0.278. The van der Waals surface area contributed by atoms with E-state index < -0.39 is 0 Å². The van der Waals surface area contributed by atoms with Crippen LogP contribution in [0.15, 0.2) is 54.6 Å². The summed E-state index contributed by atoms with van der Waals surface area (Å²) in [6.07, 6.45) is -0.634. The van der Waals surface area contributed by atoms with E-state index in [0.29, 0.717) is 19.8 Å². The molecule has 0 aliphatic carbocycles. The van der Waals surface area contributed by atoms with E-state index in [2.05, 4.69) is 0 Å². The summed E-state index contributed by atoms with van der Waals surface area (Å²) < 4.78 is 16.4. The maximum atomic E-state index is 12.0. The highest BCUT2D eigenvalue weighted by atomic mass is 16.6. The molecule has 0 radical (unpaired) electrons. The molecule has 5 nitrogen and oxygen atoms in total. The number of amides is 1. The van der Waals surface area contributed by atoms with Gasteiger partial charge in [-0.3, -0.25) is 4.90 Å². The van der Waals surface area contributed by atoms with E-state index in [1.54, 1.807) is 4.90 Å². The lowest BCUT2D eigenvalue weighted by atomic mass is 10.2.